The minimum absolute atomic E-state index is 0.0417. The van der Waals surface area contributed by atoms with Crippen LogP contribution in [0.4, 0.5) is 0 Å². The van der Waals surface area contributed by atoms with Gasteiger partial charge in [-0.05, 0) is 43.7 Å². The van der Waals surface area contributed by atoms with E-state index in [1.165, 1.54) is 32.2 Å². The molecule has 0 aromatic heterocycles. The van der Waals surface area contributed by atoms with Crippen molar-refractivity contribution in [3.05, 3.63) is 30.3 Å². The smallest absolute Gasteiger partial charge is 0.257 e. The van der Waals surface area contributed by atoms with Gasteiger partial charge in [0.2, 0.25) is 0 Å². The number of amides is 1. The number of fused-ring (bicyclic) bond motifs is 1. The van der Waals surface area contributed by atoms with Gasteiger partial charge in [0.05, 0.1) is 11.7 Å². The first-order valence-corrected chi connectivity index (χ1v) is 10.6. The highest BCUT2D eigenvalue weighted by atomic mass is 16.5. The van der Waals surface area contributed by atoms with Crippen LogP contribution in [-0.4, -0.2) is 55.3 Å². The molecule has 5 heteroatoms. The third-order valence-corrected chi connectivity index (χ3v) is 7.24. The van der Waals surface area contributed by atoms with Crippen LogP contribution in [0.2, 0.25) is 0 Å². The molecule has 146 valence electrons. The van der Waals surface area contributed by atoms with E-state index in [4.69, 9.17) is 9.47 Å². The van der Waals surface area contributed by atoms with Gasteiger partial charge < -0.3 is 14.8 Å². The van der Waals surface area contributed by atoms with Gasteiger partial charge in [0.15, 0.2) is 6.61 Å². The first-order valence-electron chi connectivity index (χ1n) is 10.6. The van der Waals surface area contributed by atoms with Gasteiger partial charge in [-0.25, -0.2) is 0 Å². The fourth-order valence-electron chi connectivity index (χ4n) is 5.69. The molecule has 1 aromatic carbocycles. The zero-order valence-corrected chi connectivity index (χ0v) is 15.9. The Morgan fingerprint density at radius 2 is 2.11 bits per heavy atom. The number of para-hydroxylation sites is 1. The summed E-state index contributed by atoms with van der Waals surface area (Å²) in [6.45, 7) is 4.29. The molecule has 3 heterocycles. The third-order valence-electron chi connectivity index (χ3n) is 7.24. The number of likely N-dealkylation sites (tertiary alicyclic amines) is 1. The number of rotatable bonds is 7. The molecule has 0 radical (unpaired) electrons. The number of hydrogen-bond acceptors (Lipinski definition) is 4. The Hall–Kier alpha value is -1.59. The average molecular weight is 370 g/mol. The van der Waals surface area contributed by atoms with Crippen molar-refractivity contribution in [2.75, 3.05) is 32.8 Å². The predicted octanol–water partition coefficient (Wildman–Crippen LogP) is 2.46. The summed E-state index contributed by atoms with van der Waals surface area (Å²) in [7, 11) is 0. The molecule has 1 saturated carbocycles. The van der Waals surface area contributed by atoms with Crippen molar-refractivity contribution in [2.45, 2.75) is 43.8 Å². The van der Waals surface area contributed by atoms with Crippen molar-refractivity contribution >= 4 is 5.91 Å². The number of nitrogens with one attached hydrogen (secondary N) is 1. The van der Waals surface area contributed by atoms with Gasteiger partial charge in [-0.1, -0.05) is 24.6 Å². The molecule has 1 aliphatic carbocycles. The summed E-state index contributed by atoms with van der Waals surface area (Å²) in [6.07, 6.45) is 6.89. The lowest BCUT2D eigenvalue weighted by Crippen LogP contribution is -2.42. The van der Waals surface area contributed by atoms with Gasteiger partial charge in [-0.15, -0.1) is 0 Å². The first kappa shape index (κ1) is 17.5. The van der Waals surface area contributed by atoms with Gasteiger partial charge in [-0.3, -0.25) is 9.69 Å². The van der Waals surface area contributed by atoms with E-state index in [-0.39, 0.29) is 18.1 Å². The van der Waals surface area contributed by atoms with E-state index in [0.717, 1.165) is 31.2 Å². The molecule has 3 aliphatic heterocycles. The summed E-state index contributed by atoms with van der Waals surface area (Å²) >= 11 is 0. The van der Waals surface area contributed by atoms with Crippen molar-refractivity contribution in [1.82, 2.24) is 10.2 Å². The molecule has 5 rings (SSSR count). The Balaban J connectivity index is 1.13. The van der Waals surface area contributed by atoms with Gasteiger partial charge in [-0.2, -0.15) is 0 Å². The summed E-state index contributed by atoms with van der Waals surface area (Å²) < 4.78 is 12.1. The minimum atomic E-state index is -0.0417. The van der Waals surface area contributed by atoms with Crippen LogP contribution in [0.25, 0.3) is 0 Å². The van der Waals surface area contributed by atoms with E-state index >= 15 is 0 Å². The lowest BCUT2D eigenvalue weighted by atomic mass is 9.73. The topological polar surface area (TPSA) is 50.8 Å². The lowest BCUT2D eigenvalue weighted by molar-refractivity contribution is -0.123. The Morgan fingerprint density at radius 1 is 1.26 bits per heavy atom. The predicted molar refractivity (Wildman–Crippen MR) is 103 cm³/mol. The van der Waals surface area contributed by atoms with Crippen molar-refractivity contribution in [1.29, 1.82) is 0 Å². The molecule has 3 saturated heterocycles. The number of carbonyl (C=O) groups is 1. The Labute approximate surface area is 161 Å². The molecule has 27 heavy (non-hydrogen) atoms. The van der Waals surface area contributed by atoms with Crippen molar-refractivity contribution < 1.29 is 14.3 Å². The summed E-state index contributed by atoms with van der Waals surface area (Å²) in [4.78, 5) is 14.9. The van der Waals surface area contributed by atoms with E-state index in [1.54, 1.807) is 0 Å². The monoisotopic (exact) mass is 370 g/mol. The molecule has 1 spiro atoms. The van der Waals surface area contributed by atoms with Gasteiger partial charge >= 0.3 is 0 Å². The van der Waals surface area contributed by atoms with E-state index in [1.807, 2.05) is 30.3 Å². The summed E-state index contributed by atoms with van der Waals surface area (Å²) in [5.41, 5.74) is 0.0738. The lowest BCUT2D eigenvalue weighted by Gasteiger charge is -2.31. The van der Waals surface area contributed by atoms with Crippen LogP contribution in [0.5, 0.6) is 5.75 Å². The number of hydrogen-bond donors (Lipinski definition) is 1. The second-order valence-electron chi connectivity index (χ2n) is 8.93. The molecule has 4 atom stereocenters. The van der Waals surface area contributed by atoms with E-state index in [0.29, 0.717) is 24.5 Å². The molecule has 5 nitrogen and oxygen atoms in total. The Kier molecular flexibility index (Phi) is 4.60. The maximum atomic E-state index is 12.2. The first-order chi connectivity index (χ1) is 13.2. The van der Waals surface area contributed by atoms with Crippen LogP contribution < -0.4 is 10.1 Å². The minimum Gasteiger partial charge on any atom is -0.484 e. The summed E-state index contributed by atoms with van der Waals surface area (Å²) in [5, 5.41) is 3.10. The molecular formula is C22H30N2O3. The van der Waals surface area contributed by atoms with Crippen LogP contribution in [0.3, 0.4) is 0 Å². The average Bonchev–Trinajstić information content (AvgIpc) is 3.30. The number of ether oxygens (including phenoxy) is 2. The van der Waals surface area contributed by atoms with Gasteiger partial charge in [0.1, 0.15) is 5.75 Å². The molecular weight excluding hydrogens is 340 g/mol. The molecule has 4 aliphatic rings. The van der Waals surface area contributed by atoms with Crippen molar-refractivity contribution in [2.24, 2.45) is 17.8 Å². The number of nitrogens with zero attached hydrogens (tertiary/aromatic N) is 1. The standard InChI is InChI=1S/C22H30N2O3/c25-21(14-26-17-7-2-1-3-8-17)23-11-18-19-13-24(12-16-5-4-6-16)15-22(19)10-9-20(18)27-22/h1-3,7-8,16,18-20H,4-6,9-15H2,(H,23,25)/t18-,19+,20+,22+/m0/s1. The van der Waals surface area contributed by atoms with Crippen LogP contribution in [0.1, 0.15) is 32.1 Å². The Morgan fingerprint density at radius 3 is 2.89 bits per heavy atom. The maximum Gasteiger partial charge on any atom is 0.257 e. The van der Waals surface area contributed by atoms with Crippen LogP contribution >= 0.6 is 0 Å². The highest BCUT2D eigenvalue weighted by molar-refractivity contribution is 5.77. The highest BCUT2D eigenvalue weighted by Gasteiger charge is 2.62. The quantitative estimate of drug-likeness (QED) is 0.801. The van der Waals surface area contributed by atoms with Crippen LogP contribution in [-0.2, 0) is 9.53 Å². The normalized spacial score (nSPS) is 35.0. The van der Waals surface area contributed by atoms with Gasteiger partial charge in [0, 0.05) is 38.0 Å². The molecule has 0 unspecified atom stereocenters. The number of benzene rings is 1. The van der Waals surface area contributed by atoms with Crippen molar-refractivity contribution in [3.8, 4) is 5.75 Å². The Bertz CT molecular complexity index is 677. The zero-order chi connectivity index (χ0) is 18.3. The molecule has 4 fully saturated rings. The SMILES string of the molecule is O=C(COc1ccccc1)NC[C@H]1[C@H]2CN(CC3CCC3)C[C@]23CC[C@H]1O3. The van der Waals surface area contributed by atoms with Crippen molar-refractivity contribution in [3.63, 3.8) is 0 Å². The maximum absolute atomic E-state index is 12.2. The van der Waals surface area contributed by atoms with E-state index < -0.39 is 0 Å². The largest absolute Gasteiger partial charge is 0.484 e. The van der Waals surface area contributed by atoms with E-state index in [9.17, 15) is 4.79 Å². The second kappa shape index (κ2) is 7.10. The second-order valence-corrected chi connectivity index (χ2v) is 8.93. The molecule has 1 amide bonds. The molecule has 2 bridgehead atoms. The van der Waals surface area contributed by atoms with Crippen LogP contribution in [0.15, 0.2) is 30.3 Å². The highest BCUT2D eigenvalue weighted by Crippen LogP contribution is 2.54. The van der Waals surface area contributed by atoms with Gasteiger partial charge in [0.25, 0.3) is 5.91 Å². The fraction of sp³-hybridized carbons (Fsp3) is 0.682. The molecule has 1 N–H and O–H groups in total. The summed E-state index contributed by atoms with van der Waals surface area (Å²) in [6, 6.07) is 9.50. The summed E-state index contributed by atoms with van der Waals surface area (Å²) in [5.74, 6) is 2.63. The zero-order valence-electron chi connectivity index (χ0n) is 15.9. The molecule has 1 aromatic rings. The van der Waals surface area contributed by atoms with Crippen LogP contribution in [0, 0.1) is 17.8 Å². The van der Waals surface area contributed by atoms with E-state index in [2.05, 4.69) is 10.2 Å². The fourth-order valence-corrected chi connectivity index (χ4v) is 5.69. The number of carbonyl (C=O) groups excluding carboxylic acids is 1. The third kappa shape index (κ3) is 3.36.